The topological polar surface area (TPSA) is 0 Å². The molecule has 17 rings (SSSR count). The fourth-order valence-electron chi connectivity index (χ4n) is 24.1. The van der Waals surface area contributed by atoms with E-state index in [0.29, 0.717) is 27.1 Å². The summed E-state index contributed by atoms with van der Waals surface area (Å²) >= 11 is 0. The molecule has 0 aromatic heterocycles. The van der Waals surface area contributed by atoms with Gasteiger partial charge in [-0.2, -0.15) is 0 Å². The molecule has 5 saturated carbocycles. The Morgan fingerprint density at radius 3 is 0.333 bits per heavy atom. The standard InChI is InChI=1S/3C20H30.2C19H28.C18H28.6C2H6.W/c3*1-18(2,3)16-8-9-17(19(4,5)6)15-13-20(10-7-11-20)12-14(15)16;2*1-17(2,3)15-7-8-16(18(4,5)6)14-12-19(9-10-19)11-13(14)15;1-12-10-13-14(11-12)16(18(5,6)7)9-8-15(13)17(2,3)4;6*1-2;/h3*8-9H,7,10-13H2,1-6H3;2*7-8H,9-12H2,1-6H3;8-9,12H,10-11H2,1-7H3;6*1-2H3;. The third kappa shape index (κ3) is 26.9. The van der Waals surface area contributed by atoms with E-state index in [0.717, 1.165) is 5.92 Å². The van der Waals surface area contributed by atoms with Crippen LogP contribution in [-0.2, 0) is 163 Å². The summed E-state index contributed by atoms with van der Waals surface area (Å²) in [5.41, 5.74) is 46.1. The van der Waals surface area contributed by atoms with Gasteiger partial charge in [-0.25, -0.2) is 0 Å². The van der Waals surface area contributed by atoms with E-state index in [4.69, 9.17) is 0 Å². The summed E-state index contributed by atoms with van der Waals surface area (Å²) in [5.74, 6) is 0.810. The minimum atomic E-state index is 0. The Kier molecular flexibility index (Phi) is 38.1. The number of benzene rings is 6. The van der Waals surface area contributed by atoms with Crippen LogP contribution in [0.15, 0.2) is 72.8 Å². The number of rotatable bonds is 0. The molecule has 0 nitrogen and oxygen atoms in total. The smallest absolute Gasteiger partial charge is 0 e. The first-order chi connectivity index (χ1) is 58.7. The molecule has 0 amide bonds. The zero-order chi connectivity index (χ0) is 98.1. The van der Waals surface area contributed by atoms with Gasteiger partial charge in [0, 0.05) is 21.1 Å². The molecule has 6 aromatic rings. The van der Waals surface area contributed by atoms with E-state index in [1.54, 1.807) is 134 Å². The Labute approximate surface area is 819 Å². The molecule has 0 N–H and O–H groups in total. The fourth-order valence-corrected chi connectivity index (χ4v) is 24.1. The monoisotopic (exact) mass is 1930 g/mol. The molecule has 0 atom stereocenters. The van der Waals surface area contributed by atoms with Crippen molar-refractivity contribution < 1.29 is 21.1 Å². The molecule has 5 spiro atoms. The van der Waals surface area contributed by atoms with Gasteiger partial charge in [0.15, 0.2) is 0 Å². The van der Waals surface area contributed by atoms with Crippen molar-refractivity contribution in [1.29, 1.82) is 0 Å². The third-order valence-electron chi connectivity index (χ3n) is 31.1. The number of hydrogen-bond acceptors (Lipinski definition) is 0. The summed E-state index contributed by atoms with van der Waals surface area (Å²) in [4.78, 5) is 0. The third-order valence-corrected chi connectivity index (χ3v) is 31.1. The molecule has 0 bridgehead atoms. The van der Waals surface area contributed by atoms with Gasteiger partial charge < -0.3 is 0 Å². The molecule has 0 heterocycles. The van der Waals surface area contributed by atoms with E-state index in [1.807, 2.05) is 83.1 Å². The Morgan fingerprint density at radius 1 is 0.163 bits per heavy atom. The maximum absolute atomic E-state index is 2.43. The first-order valence-corrected chi connectivity index (χ1v) is 53.7. The largest absolute Gasteiger partial charge is 0.0683 e. The van der Waals surface area contributed by atoms with Crippen LogP contribution in [0.4, 0.5) is 0 Å². The van der Waals surface area contributed by atoms with Crippen molar-refractivity contribution in [1.82, 2.24) is 0 Å². The second-order valence-corrected chi connectivity index (χ2v) is 54.0. The maximum Gasteiger partial charge on any atom is 0 e. The Balaban J connectivity index is 0.000000267. The summed E-state index contributed by atoms with van der Waals surface area (Å²) < 4.78 is 0. The van der Waals surface area contributed by atoms with Gasteiger partial charge in [0.2, 0.25) is 0 Å². The summed E-state index contributed by atoms with van der Waals surface area (Å²) in [5, 5.41) is 0. The van der Waals surface area contributed by atoms with Gasteiger partial charge in [-0.3, -0.25) is 0 Å². The van der Waals surface area contributed by atoms with Crippen molar-refractivity contribution in [2.75, 3.05) is 0 Å². The van der Waals surface area contributed by atoms with Gasteiger partial charge in [0.1, 0.15) is 0 Å². The molecule has 0 unspecified atom stereocenters. The molecule has 5 fully saturated rings. The van der Waals surface area contributed by atoms with E-state index in [2.05, 4.69) is 329 Å². The summed E-state index contributed by atoms with van der Waals surface area (Å²) in [7, 11) is 0. The van der Waals surface area contributed by atoms with Crippen molar-refractivity contribution in [3.05, 3.63) is 206 Å². The maximum atomic E-state index is 2.43. The predicted octanol–water partition coefficient (Wildman–Crippen LogP) is 38.1. The van der Waals surface area contributed by atoms with Gasteiger partial charge in [-0.1, -0.05) is 431 Å². The van der Waals surface area contributed by atoms with Gasteiger partial charge >= 0.3 is 0 Å². The SMILES string of the molecule is CC.CC.CC.CC.CC.CC.CC(C)(C)c1ccc(C(C)(C)C)c2c1CC1(CC1)C2.CC(C)(C)c1ccc(C(C)(C)C)c2c1CC1(CC1)C2.CC(C)(C)c1ccc(C(C)(C)C)c2c1CC1(CCC1)C2.CC(C)(C)c1ccc(C(C)(C)C)c2c1CC1(CCC1)C2.CC(C)(C)c1ccc(C(C)(C)C)c2c1CC1(CCC1)C2.CC1Cc2c(C(C)(C)C)ccc(C(C)(C)C)c2C1.[W]. The van der Waals surface area contributed by atoms with Gasteiger partial charge in [-0.05, 0) is 373 Å². The summed E-state index contributed by atoms with van der Waals surface area (Å²) in [6.45, 7) is 111. The van der Waals surface area contributed by atoms with Crippen LogP contribution < -0.4 is 0 Å². The van der Waals surface area contributed by atoms with Crippen LogP contribution in [0.25, 0.3) is 0 Å². The molecule has 728 valence electrons. The molecular formula is C128H210W. The summed E-state index contributed by atoms with van der Waals surface area (Å²) in [6.07, 6.45) is 34.9. The fraction of sp³-hybridized carbons (Fsp3) is 0.719. The van der Waals surface area contributed by atoms with Crippen LogP contribution in [0, 0.1) is 33.0 Å². The van der Waals surface area contributed by atoms with Gasteiger partial charge in [0.05, 0.1) is 0 Å². The van der Waals surface area contributed by atoms with E-state index < -0.39 is 0 Å². The number of hydrogen-bond donors (Lipinski definition) is 0. The quantitative estimate of drug-likeness (QED) is 0.142. The zero-order valence-electron chi connectivity index (χ0n) is 95.1. The first-order valence-electron chi connectivity index (χ1n) is 53.7. The van der Waals surface area contributed by atoms with Crippen LogP contribution in [-0.4, -0.2) is 0 Å². The van der Waals surface area contributed by atoms with Crippen LogP contribution in [0.5, 0.6) is 0 Å². The Hall–Kier alpha value is -3.99. The van der Waals surface area contributed by atoms with Crippen molar-refractivity contribution in [2.24, 2.45) is 33.0 Å². The van der Waals surface area contributed by atoms with E-state index in [1.165, 1.54) is 161 Å². The second kappa shape index (κ2) is 42.5. The minimum Gasteiger partial charge on any atom is -0.0683 e. The van der Waals surface area contributed by atoms with Gasteiger partial charge in [-0.15, -0.1) is 0 Å². The van der Waals surface area contributed by atoms with Crippen molar-refractivity contribution in [3.8, 4) is 0 Å². The van der Waals surface area contributed by atoms with E-state index in [-0.39, 0.29) is 86.0 Å². The molecular weight excluding hydrogens is 1720 g/mol. The van der Waals surface area contributed by atoms with Crippen LogP contribution in [0.2, 0.25) is 0 Å². The average molecular weight is 1930 g/mol. The Morgan fingerprint density at radius 2 is 0.256 bits per heavy atom. The molecule has 129 heavy (non-hydrogen) atoms. The average Bonchev–Trinajstić information content (AvgIpc) is 1.56. The first kappa shape index (κ1) is 116. The molecule has 11 aliphatic rings. The van der Waals surface area contributed by atoms with Gasteiger partial charge in [0.25, 0.3) is 0 Å². The zero-order valence-corrected chi connectivity index (χ0v) is 98.0. The Bertz CT molecular complexity index is 4010. The van der Waals surface area contributed by atoms with E-state index in [9.17, 15) is 0 Å². The normalized spacial score (nSPS) is 18.5. The van der Waals surface area contributed by atoms with Crippen LogP contribution in [0.1, 0.15) is 556 Å². The molecule has 1 heteroatoms. The molecule has 6 aromatic carbocycles. The van der Waals surface area contributed by atoms with Crippen molar-refractivity contribution in [3.63, 3.8) is 0 Å². The molecule has 0 radical (unpaired) electrons. The second-order valence-electron chi connectivity index (χ2n) is 54.0. The summed E-state index contributed by atoms with van der Waals surface area (Å²) in [6, 6.07) is 29.0. The van der Waals surface area contributed by atoms with Crippen LogP contribution in [0.3, 0.4) is 0 Å². The minimum absolute atomic E-state index is 0. The molecule has 0 saturated heterocycles. The van der Waals surface area contributed by atoms with E-state index >= 15 is 0 Å². The van der Waals surface area contributed by atoms with Crippen molar-refractivity contribution >= 4 is 0 Å². The van der Waals surface area contributed by atoms with Crippen LogP contribution >= 0.6 is 0 Å². The molecule has 11 aliphatic carbocycles. The predicted molar refractivity (Wildman–Crippen MR) is 577 cm³/mol. The van der Waals surface area contributed by atoms with Crippen molar-refractivity contribution in [2.45, 2.75) is 565 Å². The molecule has 0 aliphatic heterocycles. The number of fused-ring (bicyclic) bond motifs is 6.